The molecule has 0 spiro atoms. The van der Waals surface area contributed by atoms with Gasteiger partial charge in [-0.05, 0) is 43.9 Å². The van der Waals surface area contributed by atoms with Crippen molar-refractivity contribution in [2.75, 3.05) is 18.5 Å². The van der Waals surface area contributed by atoms with E-state index in [4.69, 9.17) is 4.74 Å². The first-order valence-corrected chi connectivity index (χ1v) is 7.48. The van der Waals surface area contributed by atoms with Crippen LogP contribution in [-0.4, -0.2) is 24.2 Å². The molecule has 1 fully saturated rings. The fourth-order valence-corrected chi connectivity index (χ4v) is 3.12. The summed E-state index contributed by atoms with van der Waals surface area (Å²) in [6.45, 7) is 1.98. The summed E-state index contributed by atoms with van der Waals surface area (Å²) < 4.78 is 6.87. The highest BCUT2D eigenvalue weighted by molar-refractivity contribution is 7.16. The Labute approximate surface area is 111 Å². The minimum absolute atomic E-state index is 0.510. The van der Waals surface area contributed by atoms with Crippen LogP contribution in [0.15, 0.2) is 23.7 Å². The molecule has 1 saturated heterocycles. The van der Waals surface area contributed by atoms with Crippen LogP contribution >= 0.6 is 11.3 Å². The molecular formula is C14H18N2OS. The van der Waals surface area contributed by atoms with Gasteiger partial charge >= 0.3 is 0 Å². The van der Waals surface area contributed by atoms with Crippen LogP contribution in [0.25, 0.3) is 10.2 Å². The highest BCUT2D eigenvalue weighted by Crippen LogP contribution is 2.22. The predicted octanol–water partition coefficient (Wildman–Crippen LogP) is 3.67. The van der Waals surface area contributed by atoms with Gasteiger partial charge in [-0.2, -0.15) is 0 Å². The van der Waals surface area contributed by atoms with Gasteiger partial charge < -0.3 is 10.1 Å². The number of hydrogen-bond acceptors (Lipinski definition) is 4. The molecule has 96 valence electrons. The van der Waals surface area contributed by atoms with E-state index in [1.807, 2.05) is 5.51 Å². The summed E-state index contributed by atoms with van der Waals surface area (Å²) in [5.41, 5.74) is 4.18. The molecule has 0 radical (unpaired) electrons. The number of nitrogens with one attached hydrogen (secondary N) is 1. The van der Waals surface area contributed by atoms with Crippen molar-refractivity contribution in [3.8, 4) is 0 Å². The number of nitrogens with zero attached hydrogens (tertiary/aromatic N) is 1. The van der Waals surface area contributed by atoms with Gasteiger partial charge in [0.1, 0.15) is 0 Å². The topological polar surface area (TPSA) is 34.2 Å². The SMILES string of the molecule is c1nc2ccc(NCCCC3CCCO3)cc2s1. The minimum atomic E-state index is 0.510. The van der Waals surface area contributed by atoms with Crippen LogP contribution in [-0.2, 0) is 4.74 Å². The minimum Gasteiger partial charge on any atom is -0.385 e. The summed E-state index contributed by atoms with van der Waals surface area (Å²) in [6, 6.07) is 6.36. The van der Waals surface area contributed by atoms with Crippen molar-refractivity contribution in [3.63, 3.8) is 0 Å². The molecule has 2 heterocycles. The van der Waals surface area contributed by atoms with E-state index in [0.717, 1.165) is 18.7 Å². The molecule has 4 heteroatoms. The van der Waals surface area contributed by atoms with E-state index in [1.54, 1.807) is 11.3 Å². The highest BCUT2D eigenvalue weighted by atomic mass is 32.1. The zero-order valence-corrected chi connectivity index (χ0v) is 11.2. The summed E-state index contributed by atoms with van der Waals surface area (Å²) in [7, 11) is 0. The standard InChI is InChI=1S/C14H18N2OS/c1(3-12-4-2-8-17-12)7-15-11-5-6-13-14(9-11)18-10-16-13/h5-6,9-10,12,15H,1-4,7-8H2. The van der Waals surface area contributed by atoms with Crippen LogP contribution in [0.4, 0.5) is 5.69 Å². The highest BCUT2D eigenvalue weighted by Gasteiger charge is 2.14. The molecule has 1 N–H and O–H groups in total. The van der Waals surface area contributed by atoms with Crippen molar-refractivity contribution >= 4 is 27.2 Å². The van der Waals surface area contributed by atoms with Gasteiger partial charge in [-0.1, -0.05) is 0 Å². The summed E-state index contributed by atoms with van der Waals surface area (Å²) in [6.07, 6.45) is 5.34. The third kappa shape index (κ3) is 2.82. The van der Waals surface area contributed by atoms with Gasteiger partial charge in [-0.25, -0.2) is 4.98 Å². The number of rotatable bonds is 5. The monoisotopic (exact) mass is 262 g/mol. The van der Waals surface area contributed by atoms with Crippen LogP contribution in [0.3, 0.4) is 0 Å². The fraction of sp³-hybridized carbons (Fsp3) is 0.500. The zero-order valence-electron chi connectivity index (χ0n) is 10.4. The summed E-state index contributed by atoms with van der Waals surface area (Å²) in [5, 5.41) is 3.47. The Hall–Kier alpha value is -1.13. The number of fused-ring (bicyclic) bond motifs is 1. The lowest BCUT2D eigenvalue weighted by molar-refractivity contribution is 0.103. The number of benzene rings is 1. The van der Waals surface area contributed by atoms with Crippen molar-refractivity contribution in [3.05, 3.63) is 23.7 Å². The van der Waals surface area contributed by atoms with Crippen molar-refractivity contribution < 1.29 is 4.74 Å². The number of hydrogen-bond donors (Lipinski definition) is 1. The summed E-state index contributed by atoms with van der Waals surface area (Å²) >= 11 is 1.69. The van der Waals surface area contributed by atoms with Crippen molar-refractivity contribution in [1.82, 2.24) is 4.98 Å². The first-order valence-electron chi connectivity index (χ1n) is 6.60. The number of ether oxygens (including phenoxy) is 1. The van der Waals surface area contributed by atoms with E-state index in [2.05, 4.69) is 28.5 Å². The van der Waals surface area contributed by atoms with Crippen LogP contribution in [0.1, 0.15) is 25.7 Å². The summed E-state index contributed by atoms with van der Waals surface area (Å²) in [5.74, 6) is 0. The Bertz CT molecular complexity index is 505. The number of anilines is 1. The maximum atomic E-state index is 5.62. The zero-order chi connectivity index (χ0) is 12.2. The molecule has 1 unspecified atom stereocenters. The Balaban J connectivity index is 1.47. The second-order valence-corrected chi connectivity index (χ2v) is 5.63. The second-order valence-electron chi connectivity index (χ2n) is 4.74. The van der Waals surface area contributed by atoms with Gasteiger partial charge in [0.15, 0.2) is 0 Å². The van der Waals surface area contributed by atoms with E-state index in [1.165, 1.54) is 36.1 Å². The maximum Gasteiger partial charge on any atom is 0.0813 e. The maximum absolute atomic E-state index is 5.62. The van der Waals surface area contributed by atoms with Crippen molar-refractivity contribution in [2.24, 2.45) is 0 Å². The Morgan fingerprint density at radius 3 is 3.33 bits per heavy atom. The van der Waals surface area contributed by atoms with Crippen LogP contribution < -0.4 is 5.32 Å². The molecule has 1 aromatic carbocycles. The molecule has 0 bridgehead atoms. The molecule has 2 aromatic rings. The normalized spacial score (nSPS) is 19.4. The molecule has 1 aliphatic heterocycles. The van der Waals surface area contributed by atoms with Gasteiger partial charge in [0, 0.05) is 18.8 Å². The quantitative estimate of drug-likeness (QED) is 0.835. The molecule has 0 saturated carbocycles. The lowest BCUT2D eigenvalue weighted by Gasteiger charge is -2.10. The van der Waals surface area contributed by atoms with Gasteiger partial charge in [-0.15, -0.1) is 11.3 Å². The third-order valence-corrected chi connectivity index (χ3v) is 4.18. The molecular weight excluding hydrogens is 244 g/mol. The average Bonchev–Trinajstić information content (AvgIpc) is 3.05. The van der Waals surface area contributed by atoms with E-state index in [-0.39, 0.29) is 0 Å². The van der Waals surface area contributed by atoms with Gasteiger partial charge in [-0.3, -0.25) is 0 Å². The van der Waals surface area contributed by atoms with E-state index < -0.39 is 0 Å². The van der Waals surface area contributed by atoms with Crippen molar-refractivity contribution in [2.45, 2.75) is 31.8 Å². The van der Waals surface area contributed by atoms with Crippen LogP contribution in [0.2, 0.25) is 0 Å². The summed E-state index contributed by atoms with van der Waals surface area (Å²) in [4.78, 5) is 4.28. The first-order chi connectivity index (χ1) is 8.92. The van der Waals surface area contributed by atoms with E-state index >= 15 is 0 Å². The molecule has 1 aromatic heterocycles. The molecule has 3 nitrogen and oxygen atoms in total. The van der Waals surface area contributed by atoms with Crippen LogP contribution in [0.5, 0.6) is 0 Å². The fourth-order valence-electron chi connectivity index (χ4n) is 2.40. The molecule has 0 amide bonds. The lowest BCUT2D eigenvalue weighted by Crippen LogP contribution is -2.08. The van der Waals surface area contributed by atoms with Gasteiger partial charge in [0.05, 0.1) is 21.8 Å². The number of thiazole rings is 1. The van der Waals surface area contributed by atoms with Gasteiger partial charge in [0.25, 0.3) is 0 Å². The van der Waals surface area contributed by atoms with E-state index in [9.17, 15) is 0 Å². The lowest BCUT2D eigenvalue weighted by atomic mass is 10.1. The second kappa shape index (κ2) is 5.67. The average molecular weight is 262 g/mol. The van der Waals surface area contributed by atoms with E-state index in [0.29, 0.717) is 6.10 Å². The smallest absolute Gasteiger partial charge is 0.0813 e. The number of aromatic nitrogens is 1. The van der Waals surface area contributed by atoms with Crippen molar-refractivity contribution in [1.29, 1.82) is 0 Å². The molecule has 1 aliphatic rings. The third-order valence-electron chi connectivity index (χ3n) is 3.39. The molecule has 1 atom stereocenters. The molecule has 3 rings (SSSR count). The Morgan fingerprint density at radius 2 is 2.44 bits per heavy atom. The Kier molecular flexibility index (Phi) is 3.76. The largest absolute Gasteiger partial charge is 0.385 e. The van der Waals surface area contributed by atoms with Crippen LogP contribution in [0, 0.1) is 0 Å². The molecule has 0 aliphatic carbocycles. The first kappa shape index (κ1) is 11.9. The predicted molar refractivity (Wildman–Crippen MR) is 76.3 cm³/mol. The Morgan fingerprint density at radius 1 is 1.44 bits per heavy atom. The van der Waals surface area contributed by atoms with Gasteiger partial charge in [0.2, 0.25) is 0 Å². The molecule has 18 heavy (non-hydrogen) atoms.